The van der Waals surface area contributed by atoms with Crippen molar-refractivity contribution < 1.29 is 4.74 Å². The minimum Gasteiger partial charge on any atom is -0.457 e. The molecule has 0 spiro atoms. The molecule has 1 heterocycles. The van der Waals surface area contributed by atoms with Crippen LogP contribution in [-0.2, 0) is 12.5 Å². The third-order valence-electron chi connectivity index (χ3n) is 3.85. The quantitative estimate of drug-likeness (QED) is 0.599. The summed E-state index contributed by atoms with van der Waals surface area (Å²) in [5.41, 5.74) is 3.33. The highest BCUT2D eigenvalue weighted by molar-refractivity contribution is 6.30. The van der Waals surface area contributed by atoms with Crippen molar-refractivity contribution >= 4 is 11.6 Å². The molecule has 0 aliphatic carbocycles. The molecule has 0 saturated carbocycles. The van der Waals surface area contributed by atoms with Gasteiger partial charge in [-0.15, -0.1) is 0 Å². The molecule has 3 nitrogen and oxygen atoms in total. The first-order chi connectivity index (χ1) is 11.3. The van der Waals surface area contributed by atoms with Crippen LogP contribution in [0.5, 0.6) is 11.5 Å². The number of hydrogen-bond donors (Lipinski definition) is 0. The number of nitrogens with zero attached hydrogens (tertiary/aromatic N) is 2. The van der Waals surface area contributed by atoms with E-state index >= 15 is 0 Å². The summed E-state index contributed by atoms with van der Waals surface area (Å²) in [5, 5.41) is 5.33. The lowest BCUT2D eigenvalue weighted by molar-refractivity contribution is 0.483. The molecule has 1 aromatic heterocycles. The second kappa shape index (κ2) is 6.33. The van der Waals surface area contributed by atoms with Gasteiger partial charge in [0, 0.05) is 23.0 Å². The Labute approximate surface area is 147 Å². The summed E-state index contributed by atoms with van der Waals surface area (Å²) in [7, 11) is 1.97. The van der Waals surface area contributed by atoms with Crippen molar-refractivity contribution in [2.24, 2.45) is 7.05 Å². The van der Waals surface area contributed by atoms with E-state index in [1.165, 1.54) is 0 Å². The van der Waals surface area contributed by atoms with Crippen molar-refractivity contribution in [3.63, 3.8) is 0 Å². The average molecular weight is 341 g/mol. The number of aryl methyl sites for hydroxylation is 1. The fourth-order valence-corrected chi connectivity index (χ4v) is 2.56. The van der Waals surface area contributed by atoms with Gasteiger partial charge in [-0.3, -0.25) is 4.68 Å². The number of ether oxygens (including phenoxy) is 1. The van der Waals surface area contributed by atoms with Gasteiger partial charge in [-0.2, -0.15) is 5.10 Å². The van der Waals surface area contributed by atoms with Crippen molar-refractivity contribution in [3.05, 3.63) is 65.3 Å². The molecule has 0 unspecified atom stereocenters. The Morgan fingerprint density at radius 1 is 0.917 bits per heavy atom. The number of halogens is 1. The van der Waals surface area contributed by atoms with Crippen molar-refractivity contribution in [1.82, 2.24) is 9.78 Å². The van der Waals surface area contributed by atoms with E-state index in [-0.39, 0.29) is 5.41 Å². The molecule has 124 valence electrons. The van der Waals surface area contributed by atoms with Crippen LogP contribution >= 0.6 is 11.6 Å². The SMILES string of the molecule is Cn1nc(C(C)(C)C)cc1-c1ccc(Oc2ccc(Cl)cc2)cc1. The Balaban J connectivity index is 1.82. The molecule has 0 fully saturated rings. The normalized spacial score (nSPS) is 11.5. The van der Waals surface area contributed by atoms with Crippen LogP contribution in [0.25, 0.3) is 11.3 Å². The summed E-state index contributed by atoms with van der Waals surface area (Å²) in [6.45, 7) is 6.51. The van der Waals surface area contributed by atoms with Crippen LogP contribution in [0.2, 0.25) is 5.02 Å². The molecule has 0 aliphatic rings. The van der Waals surface area contributed by atoms with Gasteiger partial charge in [-0.25, -0.2) is 0 Å². The minimum absolute atomic E-state index is 0.0354. The number of rotatable bonds is 3. The minimum atomic E-state index is 0.0354. The molecular weight excluding hydrogens is 320 g/mol. The van der Waals surface area contributed by atoms with Gasteiger partial charge >= 0.3 is 0 Å². The predicted octanol–water partition coefficient (Wildman–Crippen LogP) is 5.83. The van der Waals surface area contributed by atoms with E-state index in [1.807, 2.05) is 48.1 Å². The zero-order chi connectivity index (χ0) is 17.3. The van der Waals surface area contributed by atoms with Crippen LogP contribution in [0.15, 0.2) is 54.6 Å². The summed E-state index contributed by atoms with van der Waals surface area (Å²) in [6.07, 6.45) is 0. The average Bonchev–Trinajstić information content (AvgIpc) is 2.93. The van der Waals surface area contributed by atoms with Crippen molar-refractivity contribution in [3.8, 4) is 22.8 Å². The Morgan fingerprint density at radius 3 is 1.96 bits per heavy atom. The first kappa shape index (κ1) is 16.6. The maximum Gasteiger partial charge on any atom is 0.127 e. The van der Waals surface area contributed by atoms with E-state index in [0.717, 1.165) is 28.5 Å². The first-order valence-corrected chi connectivity index (χ1v) is 8.29. The van der Waals surface area contributed by atoms with E-state index in [1.54, 1.807) is 0 Å². The maximum atomic E-state index is 5.89. The summed E-state index contributed by atoms with van der Waals surface area (Å²) in [5.74, 6) is 1.56. The second-order valence-corrected chi connectivity index (χ2v) is 7.31. The lowest BCUT2D eigenvalue weighted by Crippen LogP contribution is -2.12. The van der Waals surface area contributed by atoms with Crippen LogP contribution in [-0.4, -0.2) is 9.78 Å². The molecule has 3 rings (SSSR count). The van der Waals surface area contributed by atoms with Crippen LogP contribution in [0.1, 0.15) is 26.5 Å². The van der Waals surface area contributed by atoms with E-state index in [0.29, 0.717) is 5.02 Å². The number of aromatic nitrogens is 2. The highest BCUT2D eigenvalue weighted by Crippen LogP contribution is 2.29. The van der Waals surface area contributed by atoms with Gasteiger partial charge in [-0.05, 0) is 54.6 Å². The van der Waals surface area contributed by atoms with E-state index in [2.05, 4.69) is 44.1 Å². The zero-order valence-corrected chi connectivity index (χ0v) is 15.1. The molecule has 0 amide bonds. The lowest BCUT2D eigenvalue weighted by atomic mass is 9.92. The van der Waals surface area contributed by atoms with E-state index < -0.39 is 0 Å². The van der Waals surface area contributed by atoms with Gasteiger partial charge in [0.1, 0.15) is 11.5 Å². The number of benzene rings is 2. The molecule has 0 N–H and O–H groups in total. The van der Waals surface area contributed by atoms with Crippen molar-refractivity contribution in [2.45, 2.75) is 26.2 Å². The molecule has 24 heavy (non-hydrogen) atoms. The maximum absolute atomic E-state index is 5.89. The van der Waals surface area contributed by atoms with Gasteiger partial charge in [0.2, 0.25) is 0 Å². The van der Waals surface area contributed by atoms with Gasteiger partial charge in [-0.1, -0.05) is 32.4 Å². The first-order valence-electron chi connectivity index (χ1n) is 7.91. The predicted molar refractivity (Wildman–Crippen MR) is 98.9 cm³/mol. The van der Waals surface area contributed by atoms with E-state index in [4.69, 9.17) is 16.3 Å². The third-order valence-corrected chi connectivity index (χ3v) is 4.10. The Morgan fingerprint density at radius 2 is 1.46 bits per heavy atom. The number of hydrogen-bond acceptors (Lipinski definition) is 2. The molecule has 4 heteroatoms. The summed E-state index contributed by atoms with van der Waals surface area (Å²) in [6, 6.07) is 17.5. The fourth-order valence-electron chi connectivity index (χ4n) is 2.44. The zero-order valence-electron chi connectivity index (χ0n) is 14.4. The largest absolute Gasteiger partial charge is 0.457 e. The highest BCUT2D eigenvalue weighted by Gasteiger charge is 2.19. The molecule has 0 saturated heterocycles. The molecule has 0 radical (unpaired) electrons. The van der Waals surface area contributed by atoms with Crippen LogP contribution in [0.3, 0.4) is 0 Å². The smallest absolute Gasteiger partial charge is 0.127 e. The van der Waals surface area contributed by atoms with Crippen LogP contribution in [0.4, 0.5) is 0 Å². The van der Waals surface area contributed by atoms with Gasteiger partial charge < -0.3 is 4.74 Å². The Bertz CT molecular complexity index is 828. The van der Waals surface area contributed by atoms with E-state index in [9.17, 15) is 0 Å². The van der Waals surface area contributed by atoms with Crippen molar-refractivity contribution in [2.75, 3.05) is 0 Å². The lowest BCUT2D eigenvalue weighted by Gasteiger charge is -2.13. The summed E-state index contributed by atoms with van der Waals surface area (Å²) in [4.78, 5) is 0. The monoisotopic (exact) mass is 340 g/mol. The van der Waals surface area contributed by atoms with Crippen LogP contribution in [0, 0.1) is 0 Å². The molecular formula is C20H21ClN2O. The van der Waals surface area contributed by atoms with Crippen molar-refractivity contribution in [1.29, 1.82) is 0 Å². The fraction of sp³-hybridized carbons (Fsp3) is 0.250. The molecule has 0 aliphatic heterocycles. The molecule has 2 aromatic carbocycles. The summed E-state index contributed by atoms with van der Waals surface area (Å²) < 4.78 is 7.76. The Hall–Kier alpha value is -2.26. The summed E-state index contributed by atoms with van der Waals surface area (Å²) >= 11 is 5.89. The second-order valence-electron chi connectivity index (χ2n) is 6.87. The van der Waals surface area contributed by atoms with Gasteiger partial charge in [0.25, 0.3) is 0 Å². The molecule has 0 atom stereocenters. The Kier molecular flexibility index (Phi) is 4.37. The van der Waals surface area contributed by atoms with Gasteiger partial charge in [0.15, 0.2) is 0 Å². The van der Waals surface area contributed by atoms with Crippen LogP contribution < -0.4 is 4.74 Å². The highest BCUT2D eigenvalue weighted by atomic mass is 35.5. The topological polar surface area (TPSA) is 27.1 Å². The third kappa shape index (κ3) is 3.62. The molecule has 0 bridgehead atoms. The standard InChI is InChI=1S/C20H21ClN2O/c1-20(2,3)19-13-18(23(4)22-19)14-5-9-16(10-6-14)24-17-11-7-15(21)8-12-17/h5-13H,1-4H3. The molecule has 3 aromatic rings. The van der Waals surface area contributed by atoms with Gasteiger partial charge in [0.05, 0.1) is 11.4 Å².